The zero-order valence-corrected chi connectivity index (χ0v) is 14.7. The Morgan fingerprint density at radius 3 is 1.62 bits per heavy atom. The number of aliphatic hydroxyl groups excluding tert-OH is 1. The molecule has 0 bridgehead atoms. The molecular weight excluding hydrogens is 400 g/mol. The molecule has 0 atom stereocenters. The van der Waals surface area contributed by atoms with Gasteiger partial charge < -0.3 is 5.11 Å². The molecule has 126 valence electrons. The van der Waals surface area contributed by atoms with Crippen LogP contribution in [0.5, 0.6) is 0 Å². The Bertz CT molecular complexity index is 1120. The number of benzene rings is 2. The van der Waals surface area contributed by atoms with Crippen molar-refractivity contribution in [2.75, 3.05) is 0 Å². The van der Waals surface area contributed by atoms with Crippen LogP contribution in [-0.2, 0) is 4.79 Å². The molecule has 0 aromatic heterocycles. The lowest BCUT2D eigenvalue weighted by atomic mass is 9.79. The van der Waals surface area contributed by atoms with E-state index in [0.717, 1.165) is 0 Å². The predicted molar refractivity (Wildman–Crippen MR) is 96.4 cm³/mol. The van der Waals surface area contributed by atoms with Gasteiger partial charge in [-0.2, -0.15) is 0 Å². The number of hydrogen-bond acceptors (Lipinski definition) is 5. The van der Waals surface area contributed by atoms with E-state index in [1.807, 2.05) is 0 Å². The number of hydrogen-bond donors (Lipinski definition) is 1. The van der Waals surface area contributed by atoms with Crippen LogP contribution in [0.3, 0.4) is 0 Å². The molecule has 0 fully saturated rings. The summed E-state index contributed by atoms with van der Waals surface area (Å²) in [6, 6.07) is 12.3. The second-order valence-electron chi connectivity index (χ2n) is 5.82. The lowest BCUT2D eigenvalue weighted by Gasteiger charge is -2.23. The molecular formula is C20H9BrO5. The molecule has 1 N–H and O–H groups in total. The first-order chi connectivity index (χ1) is 12.4. The summed E-state index contributed by atoms with van der Waals surface area (Å²) in [7, 11) is 0. The fourth-order valence-electron chi connectivity index (χ4n) is 3.17. The van der Waals surface area contributed by atoms with Gasteiger partial charge in [0.1, 0.15) is 5.76 Å². The van der Waals surface area contributed by atoms with Crippen molar-refractivity contribution in [3.8, 4) is 0 Å². The molecule has 2 aromatic carbocycles. The van der Waals surface area contributed by atoms with Gasteiger partial charge in [0, 0.05) is 22.3 Å². The highest BCUT2D eigenvalue weighted by molar-refractivity contribution is 9.12. The smallest absolute Gasteiger partial charge is 0.238 e. The number of carbonyl (C=O) groups is 4. The topological polar surface area (TPSA) is 88.5 Å². The molecule has 0 aliphatic heterocycles. The lowest BCUT2D eigenvalue weighted by molar-refractivity contribution is -0.111. The maximum Gasteiger partial charge on any atom is 0.238 e. The highest BCUT2D eigenvalue weighted by Gasteiger charge is 2.41. The highest BCUT2D eigenvalue weighted by atomic mass is 79.9. The van der Waals surface area contributed by atoms with Gasteiger partial charge in [0.05, 0.1) is 15.6 Å². The van der Waals surface area contributed by atoms with Gasteiger partial charge in [0.15, 0.2) is 5.78 Å². The van der Waals surface area contributed by atoms with E-state index in [2.05, 4.69) is 15.9 Å². The van der Waals surface area contributed by atoms with Crippen molar-refractivity contribution in [3.05, 3.63) is 86.4 Å². The summed E-state index contributed by atoms with van der Waals surface area (Å²) in [6.07, 6.45) is 0. The van der Waals surface area contributed by atoms with E-state index in [0.29, 0.717) is 0 Å². The van der Waals surface area contributed by atoms with Gasteiger partial charge >= 0.3 is 0 Å². The van der Waals surface area contributed by atoms with Crippen LogP contribution in [0.2, 0.25) is 0 Å². The standard InChI is InChI=1S/C20H9BrO5/c21-15-13(16(22)9-5-1-3-7-11(9)18(15)24)14-17(23)10-6-2-4-8-12(10)19(25)20(14)26/h1-8,23H. The molecule has 2 aliphatic rings. The number of rotatable bonds is 1. The first-order valence-corrected chi connectivity index (χ1v) is 8.43. The monoisotopic (exact) mass is 408 g/mol. The van der Waals surface area contributed by atoms with Crippen molar-refractivity contribution in [3.63, 3.8) is 0 Å². The number of allylic oxidation sites excluding steroid dienone is 3. The van der Waals surface area contributed by atoms with Crippen LogP contribution in [0.1, 0.15) is 36.6 Å². The average molecular weight is 409 g/mol. The van der Waals surface area contributed by atoms with Crippen molar-refractivity contribution in [1.82, 2.24) is 0 Å². The maximum atomic E-state index is 12.9. The van der Waals surface area contributed by atoms with Gasteiger partial charge in [0.25, 0.3) is 0 Å². The Kier molecular flexibility index (Phi) is 3.59. The first kappa shape index (κ1) is 16.4. The van der Waals surface area contributed by atoms with E-state index >= 15 is 0 Å². The third-order valence-corrected chi connectivity index (χ3v) is 5.17. The molecule has 0 radical (unpaired) electrons. The van der Waals surface area contributed by atoms with Crippen LogP contribution < -0.4 is 0 Å². The molecule has 0 heterocycles. The zero-order chi connectivity index (χ0) is 18.6. The lowest BCUT2D eigenvalue weighted by Crippen LogP contribution is -2.30. The van der Waals surface area contributed by atoms with Gasteiger partial charge in [-0.3, -0.25) is 19.2 Å². The van der Waals surface area contributed by atoms with Crippen molar-refractivity contribution in [2.45, 2.75) is 0 Å². The Balaban J connectivity index is 2.02. The summed E-state index contributed by atoms with van der Waals surface area (Å²) >= 11 is 3.08. The number of halogens is 1. The van der Waals surface area contributed by atoms with Crippen molar-refractivity contribution < 1.29 is 24.3 Å². The molecule has 0 saturated heterocycles. The Hall–Kier alpha value is -3.12. The number of fused-ring (bicyclic) bond motifs is 2. The quantitative estimate of drug-likeness (QED) is 0.729. The summed E-state index contributed by atoms with van der Waals surface area (Å²) in [5.74, 6) is -3.43. The molecule has 0 unspecified atom stereocenters. The van der Waals surface area contributed by atoms with E-state index in [4.69, 9.17) is 0 Å². The molecule has 4 rings (SSSR count). The Labute approximate surface area is 155 Å². The van der Waals surface area contributed by atoms with Crippen LogP contribution >= 0.6 is 15.9 Å². The summed E-state index contributed by atoms with van der Waals surface area (Å²) in [5, 5.41) is 10.6. The summed E-state index contributed by atoms with van der Waals surface area (Å²) in [5.41, 5.74) is -0.213. The molecule has 2 aromatic rings. The summed E-state index contributed by atoms with van der Waals surface area (Å²) in [6.45, 7) is 0. The largest absolute Gasteiger partial charge is 0.506 e. The third-order valence-electron chi connectivity index (χ3n) is 4.41. The second kappa shape index (κ2) is 5.71. The normalized spacial score (nSPS) is 16.8. The Morgan fingerprint density at radius 2 is 1.04 bits per heavy atom. The van der Waals surface area contributed by atoms with Gasteiger partial charge in [0.2, 0.25) is 17.3 Å². The average Bonchev–Trinajstić information content (AvgIpc) is 2.67. The molecule has 0 amide bonds. The van der Waals surface area contributed by atoms with E-state index in [9.17, 15) is 24.3 Å². The number of carbonyl (C=O) groups excluding carboxylic acids is 4. The molecule has 2 aliphatic carbocycles. The molecule has 0 saturated carbocycles. The first-order valence-electron chi connectivity index (χ1n) is 7.63. The van der Waals surface area contributed by atoms with Gasteiger partial charge in [-0.1, -0.05) is 48.5 Å². The fraction of sp³-hybridized carbons (Fsp3) is 0. The Morgan fingerprint density at radius 1 is 0.577 bits per heavy atom. The van der Waals surface area contributed by atoms with E-state index < -0.39 is 34.5 Å². The highest BCUT2D eigenvalue weighted by Crippen LogP contribution is 2.39. The molecule has 26 heavy (non-hydrogen) atoms. The minimum atomic E-state index is -1.02. The fourth-order valence-corrected chi connectivity index (χ4v) is 3.76. The van der Waals surface area contributed by atoms with Gasteiger partial charge in [-0.25, -0.2) is 0 Å². The van der Waals surface area contributed by atoms with E-state index in [1.54, 1.807) is 24.3 Å². The van der Waals surface area contributed by atoms with Crippen molar-refractivity contribution >= 4 is 44.8 Å². The minimum Gasteiger partial charge on any atom is -0.506 e. The summed E-state index contributed by atoms with van der Waals surface area (Å²) < 4.78 is -0.150. The number of aliphatic hydroxyl groups is 1. The van der Waals surface area contributed by atoms with Crippen LogP contribution in [0.25, 0.3) is 5.76 Å². The SMILES string of the molecule is O=C1C(=O)c2ccccc2C(O)=C1C1=C(Br)C(=O)c2ccccc2C1=O. The summed E-state index contributed by atoms with van der Waals surface area (Å²) in [4.78, 5) is 50.6. The van der Waals surface area contributed by atoms with Crippen LogP contribution in [-0.4, -0.2) is 28.2 Å². The van der Waals surface area contributed by atoms with E-state index in [1.165, 1.54) is 24.3 Å². The minimum absolute atomic E-state index is 0.0606. The third kappa shape index (κ3) is 2.09. The van der Waals surface area contributed by atoms with Crippen molar-refractivity contribution in [1.29, 1.82) is 0 Å². The maximum absolute atomic E-state index is 12.9. The number of ketones is 4. The molecule has 6 heteroatoms. The predicted octanol–water partition coefficient (Wildman–Crippen LogP) is 3.45. The van der Waals surface area contributed by atoms with Crippen LogP contribution in [0.15, 0.2) is 64.2 Å². The van der Waals surface area contributed by atoms with E-state index in [-0.39, 0.29) is 32.3 Å². The van der Waals surface area contributed by atoms with Gasteiger partial charge in [-0.05, 0) is 15.9 Å². The second-order valence-corrected chi connectivity index (χ2v) is 6.61. The molecule has 0 spiro atoms. The number of Topliss-reactive ketones (excluding diaryl/α,β-unsaturated/α-hetero) is 4. The van der Waals surface area contributed by atoms with Gasteiger partial charge in [-0.15, -0.1) is 0 Å². The van der Waals surface area contributed by atoms with Crippen LogP contribution in [0, 0.1) is 0 Å². The molecule has 5 nitrogen and oxygen atoms in total. The van der Waals surface area contributed by atoms with Crippen LogP contribution in [0.4, 0.5) is 0 Å². The van der Waals surface area contributed by atoms with Crippen molar-refractivity contribution in [2.24, 2.45) is 0 Å². The zero-order valence-electron chi connectivity index (χ0n) is 13.1.